The summed E-state index contributed by atoms with van der Waals surface area (Å²) in [6.07, 6.45) is -1.27. The van der Waals surface area contributed by atoms with Gasteiger partial charge in [-0.2, -0.15) is 0 Å². The van der Waals surface area contributed by atoms with Gasteiger partial charge in [0.25, 0.3) is 0 Å². The van der Waals surface area contributed by atoms with Crippen molar-refractivity contribution in [3.05, 3.63) is 45.5 Å². The Morgan fingerprint density at radius 3 is 2.60 bits per heavy atom. The zero-order chi connectivity index (χ0) is 11.4. The molecule has 0 aliphatic heterocycles. The van der Waals surface area contributed by atoms with Crippen LogP contribution in [0.3, 0.4) is 0 Å². The van der Waals surface area contributed by atoms with E-state index in [0.717, 1.165) is 12.1 Å². The van der Waals surface area contributed by atoms with Crippen molar-refractivity contribution in [1.29, 1.82) is 0 Å². The summed E-state index contributed by atoms with van der Waals surface area (Å²) in [7, 11) is 0. The Balaban J connectivity index is 2.69. The zero-order valence-corrected chi connectivity index (χ0v) is 7.69. The van der Waals surface area contributed by atoms with Gasteiger partial charge >= 0.3 is 0 Å². The second-order valence-corrected chi connectivity index (χ2v) is 3.03. The van der Waals surface area contributed by atoms with E-state index in [1.54, 1.807) is 0 Å². The summed E-state index contributed by atoms with van der Waals surface area (Å²) in [5.41, 5.74) is 0.135. The molecule has 0 bridgehead atoms. The summed E-state index contributed by atoms with van der Waals surface area (Å²) in [6, 6.07) is 2.91. The number of hydrogen-bond acceptors (Lipinski definition) is 3. The van der Waals surface area contributed by atoms with E-state index in [2.05, 4.69) is 0 Å². The van der Waals surface area contributed by atoms with E-state index in [1.807, 2.05) is 0 Å². The van der Waals surface area contributed by atoms with Crippen molar-refractivity contribution in [3.63, 3.8) is 0 Å². The highest BCUT2D eigenvalue weighted by Gasteiger charge is 2.13. The molecule has 4 nitrogen and oxygen atoms in total. The summed E-state index contributed by atoms with van der Waals surface area (Å²) in [5.74, 6) is -2.09. The molecule has 82 valence electrons. The van der Waals surface area contributed by atoms with Crippen LogP contribution in [0.5, 0.6) is 0 Å². The minimum Gasteiger partial charge on any atom is -0.388 e. The van der Waals surface area contributed by atoms with E-state index in [0.29, 0.717) is 0 Å². The summed E-state index contributed by atoms with van der Waals surface area (Å²) in [4.78, 5) is 9.44. The van der Waals surface area contributed by atoms with Gasteiger partial charge in [0, 0.05) is 11.3 Å². The van der Waals surface area contributed by atoms with Crippen molar-refractivity contribution in [1.82, 2.24) is 0 Å². The third-order valence-corrected chi connectivity index (χ3v) is 1.91. The number of aliphatic hydroxyl groups excluding tert-OH is 1. The zero-order valence-electron chi connectivity index (χ0n) is 7.69. The maximum atomic E-state index is 12.7. The van der Waals surface area contributed by atoms with E-state index in [-0.39, 0.29) is 12.0 Å². The van der Waals surface area contributed by atoms with Crippen LogP contribution in [-0.2, 0) is 0 Å². The Labute approximate surface area is 84.3 Å². The fourth-order valence-corrected chi connectivity index (χ4v) is 1.11. The van der Waals surface area contributed by atoms with Crippen LogP contribution >= 0.6 is 0 Å². The SMILES string of the molecule is O=[N+]([O-])CCC(O)c1ccc(F)c(F)c1. The number of aliphatic hydroxyl groups is 1. The van der Waals surface area contributed by atoms with Crippen LogP contribution in [0.4, 0.5) is 8.78 Å². The molecule has 0 heterocycles. The molecule has 0 aromatic heterocycles. The molecule has 1 aromatic carbocycles. The number of hydrogen-bond donors (Lipinski definition) is 1. The molecule has 0 spiro atoms. The second-order valence-electron chi connectivity index (χ2n) is 3.03. The standard InChI is InChI=1S/C9H9F2NO3/c10-7-2-1-6(5-8(7)11)9(13)3-4-12(14)15/h1-2,5,9,13H,3-4H2. The van der Waals surface area contributed by atoms with Crippen LogP contribution in [-0.4, -0.2) is 16.6 Å². The third kappa shape index (κ3) is 3.25. The molecule has 15 heavy (non-hydrogen) atoms. The summed E-state index contributed by atoms with van der Waals surface area (Å²) in [6.45, 7) is -0.417. The minimum atomic E-state index is -1.15. The predicted octanol–water partition coefficient (Wildman–Crippen LogP) is 1.66. The number of benzene rings is 1. The first kappa shape index (κ1) is 11.5. The Morgan fingerprint density at radius 1 is 1.40 bits per heavy atom. The van der Waals surface area contributed by atoms with Crippen molar-refractivity contribution in [2.75, 3.05) is 6.54 Å². The minimum absolute atomic E-state index is 0.127. The molecule has 0 fully saturated rings. The van der Waals surface area contributed by atoms with Crippen LogP contribution in [0, 0.1) is 21.7 Å². The van der Waals surface area contributed by atoms with Crippen molar-refractivity contribution in [2.45, 2.75) is 12.5 Å². The van der Waals surface area contributed by atoms with E-state index < -0.39 is 29.2 Å². The average molecular weight is 217 g/mol. The summed E-state index contributed by atoms with van der Waals surface area (Å²) >= 11 is 0. The van der Waals surface area contributed by atoms with Crippen molar-refractivity contribution < 1.29 is 18.8 Å². The maximum Gasteiger partial charge on any atom is 0.206 e. The Hall–Kier alpha value is -1.56. The first-order valence-corrected chi connectivity index (χ1v) is 4.25. The molecule has 1 rings (SSSR count). The molecule has 0 saturated carbocycles. The quantitative estimate of drug-likeness (QED) is 0.616. The largest absolute Gasteiger partial charge is 0.388 e. The van der Waals surface area contributed by atoms with E-state index >= 15 is 0 Å². The maximum absolute atomic E-state index is 12.7. The summed E-state index contributed by atoms with van der Waals surface area (Å²) in [5, 5.41) is 19.4. The van der Waals surface area contributed by atoms with Gasteiger partial charge in [-0.3, -0.25) is 10.1 Å². The molecule has 1 aromatic rings. The fourth-order valence-electron chi connectivity index (χ4n) is 1.11. The van der Waals surface area contributed by atoms with E-state index in [4.69, 9.17) is 0 Å². The number of halogens is 2. The molecular formula is C9H9F2NO3. The lowest BCUT2D eigenvalue weighted by atomic mass is 10.1. The van der Waals surface area contributed by atoms with Crippen LogP contribution in [0.1, 0.15) is 18.1 Å². The number of rotatable bonds is 4. The van der Waals surface area contributed by atoms with Crippen molar-refractivity contribution in [2.24, 2.45) is 0 Å². The molecule has 0 saturated heterocycles. The molecule has 0 aliphatic carbocycles. The monoisotopic (exact) mass is 217 g/mol. The Kier molecular flexibility index (Phi) is 3.68. The van der Waals surface area contributed by atoms with Gasteiger partial charge in [-0.25, -0.2) is 8.78 Å². The second kappa shape index (κ2) is 4.79. The van der Waals surface area contributed by atoms with Gasteiger partial charge in [-0.05, 0) is 17.7 Å². The Morgan fingerprint density at radius 2 is 2.07 bits per heavy atom. The topological polar surface area (TPSA) is 63.4 Å². The fraction of sp³-hybridized carbons (Fsp3) is 0.333. The molecule has 6 heteroatoms. The highest BCUT2D eigenvalue weighted by atomic mass is 19.2. The van der Waals surface area contributed by atoms with Gasteiger partial charge in [-0.15, -0.1) is 0 Å². The number of nitrogens with zero attached hydrogens (tertiary/aromatic N) is 1. The highest BCUT2D eigenvalue weighted by Crippen LogP contribution is 2.18. The lowest BCUT2D eigenvalue weighted by Crippen LogP contribution is -2.07. The molecule has 1 unspecified atom stereocenters. The predicted molar refractivity (Wildman–Crippen MR) is 47.8 cm³/mol. The van der Waals surface area contributed by atoms with Gasteiger partial charge in [0.15, 0.2) is 11.6 Å². The van der Waals surface area contributed by atoms with Gasteiger partial charge < -0.3 is 5.11 Å². The van der Waals surface area contributed by atoms with Crippen LogP contribution < -0.4 is 0 Å². The highest BCUT2D eigenvalue weighted by molar-refractivity contribution is 5.19. The van der Waals surface area contributed by atoms with Crippen molar-refractivity contribution >= 4 is 0 Å². The molecule has 0 radical (unpaired) electrons. The molecule has 0 amide bonds. The van der Waals surface area contributed by atoms with Gasteiger partial charge in [0.1, 0.15) is 0 Å². The van der Waals surface area contributed by atoms with Gasteiger partial charge in [-0.1, -0.05) is 6.07 Å². The molecule has 0 aliphatic rings. The molecule has 1 atom stereocenters. The lowest BCUT2D eigenvalue weighted by molar-refractivity contribution is -0.482. The Bertz CT molecular complexity index is 370. The molecule has 1 N–H and O–H groups in total. The van der Waals surface area contributed by atoms with Gasteiger partial charge in [0.05, 0.1) is 6.10 Å². The van der Waals surface area contributed by atoms with Crippen LogP contribution in [0.25, 0.3) is 0 Å². The average Bonchev–Trinajstić information content (AvgIpc) is 2.18. The van der Waals surface area contributed by atoms with E-state index in [1.165, 1.54) is 6.07 Å². The number of nitro groups is 1. The smallest absolute Gasteiger partial charge is 0.206 e. The molecular weight excluding hydrogens is 208 g/mol. The van der Waals surface area contributed by atoms with Crippen molar-refractivity contribution in [3.8, 4) is 0 Å². The van der Waals surface area contributed by atoms with Crippen LogP contribution in [0.15, 0.2) is 18.2 Å². The first-order chi connectivity index (χ1) is 7.00. The van der Waals surface area contributed by atoms with Gasteiger partial charge in [0.2, 0.25) is 6.54 Å². The summed E-state index contributed by atoms with van der Waals surface area (Å²) < 4.78 is 25.2. The third-order valence-electron chi connectivity index (χ3n) is 1.91. The lowest BCUT2D eigenvalue weighted by Gasteiger charge is -2.08. The van der Waals surface area contributed by atoms with E-state index in [9.17, 15) is 24.0 Å². The van der Waals surface area contributed by atoms with Crippen LogP contribution in [0.2, 0.25) is 0 Å². The first-order valence-electron chi connectivity index (χ1n) is 4.25. The normalized spacial score (nSPS) is 12.5.